The third-order valence-electron chi connectivity index (χ3n) is 4.53. The van der Waals surface area contributed by atoms with Crippen molar-refractivity contribution in [2.45, 2.75) is 32.4 Å². The van der Waals surface area contributed by atoms with Gasteiger partial charge in [0.05, 0.1) is 6.54 Å². The van der Waals surface area contributed by atoms with Crippen LogP contribution in [-0.4, -0.2) is 51.2 Å². The van der Waals surface area contributed by atoms with Crippen molar-refractivity contribution in [2.24, 2.45) is 0 Å². The van der Waals surface area contributed by atoms with Crippen LogP contribution in [0.4, 0.5) is 4.79 Å². The zero-order chi connectivity index (χ0) is 24.4. The Morgan fingerprint density at radius 2 is 1.48 bits per heavy atom. The van der Waals surface area contributed by atoms with Gasteiger partial charge in [-0.15, -0.1) is 0 Å². The molecule has 0 bridgehead atoms. The maximum absolute atomic E-state index is 12.6. The monoisotopic (exact) mass is 447 g/mol. The number of carbonyl (C=O) groups is 3. The lowest BCUT2D eigenvalue weighted by Gasteiger charge is -2.35. The molecule has 3 amide bonds. The van der Waals surface area contributed by atoms with Crippen molar-refractivity contribution in [1.82, 2.24) is 15.7 Å². The average molecular weight is 447 g/mol. The first-order chi connectivity index (χ1) is 15.6. The third kappa shape index (κ3) is 7.73. The Morgan fingerprint density at radius 3 is 1.97 bits per heavy atom. The molecule has 0 radical (unpaired) electrons. The molecule has 0 aliphatic heterocycles. The second-order valence-electron chi connectivity index (χ2n) is 8.01. The van der Waals surface area contributed by atoms with E-state index < -0.39 is 29.5 Å². The normalized spacial score (nSPS) is 11.0. The first-order valence-corrected chi connectivity index (χ1v) is 10.0. The van der Waals surface area contributed by atoms with Crippen molar-refractivity contribution < 1.29 is 24.7 Å². The number of nitrogens with one attached hydrogen (secondary N) is 2. The second-order valence-corrected chi connectivity index (χ2v) is 8.01. The van der Waals surface area contributed by atoms with Crippen LogP contribution < -0.4 is 10.8 Å². The highest BCUT2D eigenvalue weighted by molar-refractivity contribution is 5.97. The molecule has 0 spiro atoms. The van der Waals surface area contributed by atoms with Crippen molar-refractivity contribution in [3.05, 3.63) is 71.3 Å². The first-order valence-electron chi connectivity index (χ1n) is 10.0. The van der Waals surface area contributed by atoms with E-state index in [1.807, 2.05) is 30.3 Å². The smallest absolute Gasteiger partial charge is 0.407 e. The third-order valence-corrected chi connectivity index (χ3v) is 4.53. The van der Waals surface area contributed by atoms with Gasteiger partial charge in [0.15, 0.2) is 0 Å². The Labute approximate surface area is 192 Å². The van der Waals surface area contributed by atoms with Gasteiger partial charge in [0.2, 0.25) is 0 Å². The number of nitrogens with zero attached hydrogens (tertiary/aromatic N) is 1. The van der Waals surface area contributed by atoms with Gasteiger partial charge in [-0.3, -0.25) is 14.8 Å². The Morgan fingerprint density at radius 1 is 0.939 bits per heavy atom. The van der Waals surface area contributed by atoms with Crippen molar-refractivity contribution in [3.8, 4) is 23.7 Å². The number of hydrogen-bond donors (Lipinski definition) is 4. The highest BCUT2D eigenvalue weighted by atomic mass is 16.5. The minimum absolute atomic E-state index is 0.240. The molecular formula is C25H25N3O5. The number of benzene rings is 2. The summed E-state index contributed by atoms with van der Waals surface area (Å²) in [7, 11) is 0. The van der Waals surface area contributed by atoms with Crippen LogP contribution in [0, 0.1) is 23.7 Å². The SMILES string of the molecule is CC(C)(C)N(C[C@H](NC(=O)c1ccc(C#CC#Cc2ccccc2)cc1)C(=O)NO)C(=O)O. The molecule has 33 heavy (non-hydrogen) atoms. The van der Waals surface area contributed by atoms with Crippen molar-refractivity contribution in [2.75, 3.05) is 6.54 Å². The molecule has 0 aromatic heterocycles. The van der Waals surface area contributed by atoms with Gasteiger partial charge in [-0.25, -0.2) is 10.3 Å². The summed E-state index contributed by atoms with van der Waals surface area (Å²) >= 11 is 0. The topological polar surface area (TPSA) is 119 Å². The van der Waals surface area contributed by atoms with Gasteiger partial charge in [0.25, 0.3) is 11.8 Å². The van der Waals surface area contributed by atoms with Gasteiger partial charge in [0, 0.05) is 22.2 Å². The van der Waals surface area contributed by atoms with Gasteiger partial charge in [-0.05, 0) is 69.0 Å². The minimum atomic E-state index is -1.30. The fourth-order valence-electron chi connectivity index (χ4n) is 2.77. The zero-order valence-electron chi connectivity index (χ0n) is 18.5. The Hall–Kier alpha value is -4.27. The van der Waals surface area contributed by atoms with E-state index in [0.29, 0.717) is 5.56 Å². The summed E-state index contributed by atoms with van der Waals surface area (Å²) in [5, 5.41) is 20.9. The maximum Gasteiger partial charge on any atom is 0.407 e. The van der Waals surface area contributed by atoms with Crippen LogP contribution in [0.3, 0.4) is 0 Å². The van der Waals surface area contributed by atoms with Gasteiger partial charge in [0.1, 0.15) is 6.04 Å². The summed E-state index contributed by atoms with van der Waals surface area (Å²) in [4.78, 5) is 37.2. The number of carboxylic acid groups (broad SMARTS) is 1. The van der Waals surface area contributed by atoms with Gasteiger partial charge < -0.3 is 15.3 Å². The highest BCUT2D eigenvalue weighted by Crippen LogP contribution is 2.14. The van der Waals surface area contributed by atoms with Crippen LogP contribution in [0.1, 0.15) is 42.3 Å². The molecule has 0 aliphatic rings. The summed E-state index contributed by atoms with van der Waals surface area (Å²) in [6.45, 7) is 4.61. The minimum Gasteiger partial charge on any atom is -0.465 e. The zero-order valence-corrected chi connectivity index (χ0v) is 18.5. The van der Waals surface area contributed by atoms with E-state index in [9.17, 15) is 19.5 Å². The summed E-state index contributed by atoms with van der Waals surface area (Å²) in [6.07, 6.45) is -1.26. The van der Waals surface area contributed by atoms with Crippen LogP contribution in [-0.2, 0) is 4.79 Å². The molecule has 2 aromatic rings. The van der Waals surface area contributed by atoms with E-state index in [2.05, 4.69) is 29.0 Å². The van der Waals surface area contributed by atoms with E-state index in [1.165, 1.54) is 17.6 Å². The number of hydroxylamine groups is 1. The number of carbonyl (C=O) groups excluding carboxylic acids is 2. The van der Waals surface area contributed by atoms with Crippen molar-refractivity contribution >= 4 is 17.9 Å². The molecule has 0 unspecified atom stereocenters. The second kappa shape index (κ2) is 11.4. The molecular weight excluding hydrogens is 422 g/mol. The number of rotatable bonds is 5. The first kappa shape index (κ1) is 25.0. The van der Waals surface area contributed by atoms with Crippen LogP contribution >= 0.6 is 0 Å². The number of amides is 3. The van der Waals surface area contributed by atoms with Gasteiger partial charge in [-0.2, -0.15) is 0 Å². The molecule has 1 atom stereocenters. The molecule has 0 fully saturated rings. The molecule has 0 aliphatic carbocycles. The van der Waals surface area contributed by atoms with Crippen LogP contribution in [0.5, 0.6) is 0 Å². The molecule has 0 saturated heterocycles. The van der Waals surface area contributed by atoms with Gasteiger partial charge in [-0.1, -0.05) is 30.0 Å². The lowest BCUT2D eigenvalue weighted by Crippen LogP contribution is -2.57. The molecule has 8 heteroatoms. The van der Waals surface area contributed by atoms with Crippen molar-refractivity contribution in [1.29, 1.82) is 0 Å². The van der Waals surface area contributed by atoms with Crippen LogP contribution in [0.25, 0.3) is 0 Å². The quantitative estimate of drug-likeness (QED) is 0.319. The molecule has 0 saturated carbocycles. The maximum atomic E-state index is 12.6. The van der Waals surface area contributed by atoms with Crippen LogP contribution in [0.15, 0.2) is 54.6 Å². The summed E-state index contributed by atoms with van der Waals surface area (Å²) in [6, 6.07) is 14.4. The molecule has 2 rings (SSSR count). The fourth-order valence-corrected chi connectivity index (χ4v) is 2.77. The van der Waals surface area contributed by atoms with E-state index in [1.54, 1.807) is 32.9 Å². The number of hydrogen-bond acceptors (Lipinski definition) is 4. The predicted molar refractivity (Wildman–Crippen MR) is 122 cm³/mol. The van der Waals surface area contributed by atoms with Crippen LogP contribution in [0.2, 0.25) is 0 Å². The molecule has 0 heterocycles. The summed E-state index contributed by atoms with van der Waals surface area (Å²) in [5.74, 6) is 9.77. The largest absolute Gasteiger partial charge is 0.465 e. The summed E-state index contributed by atoms with van der Waals surface area (Å²) in [5.41, 5.74) is 2.37. The van der Waals surface area contributed by atoms with Gasteiger partial charge >= 0.3 is 6.09 Å². The van der Waals surface area contributed by atoms with Crippen molar-refractivity contribution in [3.63, 3.8) is 0 Å². The fraction of sp³-hybridized carbons (Fsp3) is 0.240. The molecule has 8 nitrogen and oxygen atoms in total. The van der Waals surface area contributed by atoms with E-state index >= 15 is 0 Å². The van der Waals surface area contributed by atoms with E-state index in [-0.39, 0.29) is 12.1 Å². The lowest BCUT2D eigenvalue weighted by atomic mass is 10.0. The molecule has 170 valence electrons. The standard InChI is InChI=1S/C25H25N3O5/c1-25(2,3)28(24(31)32)17-21(23(30)27-33)26-22(29)20-15-13-19(14-16-20)12-8-7-11-18-9-5-4-6-10-18/h4-6,9-10,13-16,21,33H,17H2,1-3H3,(H,26,29)(H,27,30)(H,31,32)/t21-/m0/s1. The average Bonchev–Trinajstić information content (AvgIpc) is 2.78. The predicted octanol–water partition coefficient (Wildman–Crippen LogP) is 2.47. The highest BCUT2D eigenvalue weighted by Gasteiger charge is 2.32. The summed E-state index contributed by atoms with van der Waals surface area (Å²) < 4.78 is 0. The Kier molecular flexibility index (Phi) is 8.62. The molecule has 2 aromatic carbocycles. The Balaban J connectivity index is 2.10. The lowest BCUT2D eigenvalue weighted by molar-refractivity contribution is -0.131. The van der Waals surface area contributed by atoms with E-state index in [0.717, 1.165) is 10.5 Å². The molecule has 4 N–H and O–H groups in total. The Bertz CT molecular complexity index is 1110. The van der Waals surface area contributed by atoms with E-state index in [4.69, 9.17) is 5.21 Å².